The summed E-state index contributed by atoms with van der Waals surface area (Å²) in [5, 5.41) is 11.3. The van der Waals surface area contributed by atoms with Gasteiger partial charge in [-0.25, -0.2) is 0 Å². The quantitative estimate of drug-likeness (QED) is 0.660. The molecule has 0 aliphatic carbocycles. The number of nitrogens with one attached hydrogen (secondary N) is 1. The number of carbonyl (C=O) groups is 2. The zero-order valence-corrected chi connectivity index (χ0v) is 8.93. The maximum Gasteiger partial charge on any atom is 0.305 e. The number of aliphatic carboxylic acids is 1. The van der Waals surface area contributed by atoms with Gasteiger partial charge in [-0.05, 0) is 17.7 Å². The fourth-order valence-electron chi connectivity index (χ4n) is 1.45. The Kier molecular flexibility index (Phi) is 3.88. The van der Waals surface area contributed by atoms with Crippen molar-refractivity contribution in [3.8, 4) is 0 Å². The minimum Gasteiger partial charge on any atom is -0.481 e. The molecule has 0 aromatic heterocycles. The second-order valence-corrected chi connectivity index (χ2v) is 3.52. The number of benzene rings is 1. The molecule has 1 rings (SSSR count). The Hall–Kier alpha value is -2.04. The van der Waals surface area contributed by atoms with Gasteiger partial charge in [0.1, 0.15) is 0 Å². The number of amides is 1. The minimum atomic E-state index is -0.971. The molecule has 0 saturated heterocycles. The van der Waals surface area contributed by atoms with Crippen LogP contribution in [0.2, 0.25) is 0 Å². The maximum atomic E-state index is 11.0. The van der Waals surface area contributed by atoms with Crippen LogP contribution < -0.4 is 11.1 Å². The Morgan fingerprint density at radius 2 is 2.19 bits per heavy atom. The lowest BCUT2D eigenvalue weighted by Gasteiger charge is -2.16. The molecule has 5 nitrogen and oxygen atoms in total. The van der Waals surface area contributed by atoms with Crippen LogP contribution in [0.5, 0.6) is 0 Å². The molecule has 0 saturated carbocycles. The molecule has 0 radical (unpaired) electrons. The predicted molar refractivity (Wildman–Crippen MR) is 59.7 cm³/mol. The second kappa shape index (κ2) is 5.16. The van der Waals surface area contributed by atoms with E-state index in [9.17, 15) is 9.59 Å². The van der Waals surface area contributed by atoms with Crippen LogP contribution in [0.15, 0.2) is 24.3 Å². The molecule has 0 fully saturated rings. The lowest BCUT2D eigenvalue weighted by atomic mass is 10.0. The van der Waals surface area contributed by atoms with Crippen LogP contribution in [-0.4, -0.2) is 17.0 Å². The van der Waals surface area contributed by atoms with Crippen LogP contribution in [0.4, 0.5) is 5.69 Å². The first-order valence-corrected chi connectivity index (χ1v) is 4.83. The van der Waals surface area contributed by atoms with Gasteiger partial charge in [-0.3, -0.25) is 9.59 Å². The summed E-state index contributed by atoms with van der Waals surface area (Å²) < 4.78 is 0. The van der Waals surface area contributed by atoms with Crippen molar-refractivity contribution in [1.29, 1.82) is 0 Å². The molecule has 4 N–H and O–H groups in total. The van der Waals surface area contributed by atoms with Crippen molar-refractivity contribution in [2.24, 2.45) is 0 Å². The fraction of sp³-hybridized carbons (Fsp3) is 0.273. The van der Waals surface area contributed by atoms with Crippen LogP contribution in [0.3, 0.4) is 0 Å². The molecule has 0 aliphatic rings. The molecule has 0 bridgehead atoms. The monoisotopic (exact) mass is 222 g/mol. The van der Waals surface area contributed by atoms with Gasteiger partial charge < -0.3 is 16.2 Å². The average Bonchev–Trinajstić information content (AvgIpc) is 2.15. The largest absolute Gasteiger partial charge is 0.481 e. The molecule has 1 unspecified atom stereocenters. The molecule has 0 heterocycles. The first kappa shape index (κ1) is 12.0. The zero-order valence-electron chi connectivity index (χ0n) is 8.93. The van der Waals surface area contributed by atoms with Gasteiger partial charge in [0.15, 0.2) is 0 Å². The SMILES string of the molecule is CC(=O)NC(CC(=O)O)c1cccc(N)c1. The third-order valence-electron chi connectivity index (χ3n) is 2.07. The Morgan fingerprint density at radius 3 is 2.69 bits per heavy atom. The summed E-state index contributed by atoms with van der Waals surface area (Å²) >= 11 is 0. The number of nitrogen functional groups attached to an aromatic ring is 1. The first-order chi connectivity index (χ1) is 7.49. The molecular formula is C11H14N2O3. The number of nitrogens with two attached hydrogens (primary N) is 1. The number of carbonyl (C=O) groups excluding carboxylic acids is 1. The van der Waals surface area contributed by atoms with E-state index in [1.54, 1.807) is 24.3 Å². The van der Waals surface area contributed by atoms with Gasteiger partial charge in [0.2, 0.25) is 5.91 Å². The van der Waals surface area contributed by atoms with E-state index in [0.717, 1.165) is 0 Å². The molecule has 0 aliphatic heterocycles. The topological polar surface area (TPSA) is 92.4 Å². The second-order valence-electron chi connectivity index (χ2n) is 3.52. The standard InChI is InChI=1S/C11H14N2O3/c1-7(14)13-10(6-11(15)16)8-3-2-4-9(12)5-8/h2-5,10H,6,12H2,1H3,(H,13,14)(H,15,16). The van der Waals surface area contributed by atoms with Gasteiger partial charge in [-0.1, -0.05) is 12.1 Å². The lowest BCUT2D eigenvalue weighted by molar-refractivity contribution is -0.137. The minimum absolute atomic E-state index is 0.164. The van der Waals surface area contributed by atoms with Crippen LogP contribution in [0.1, 0.15) is 24.9 Å². The summed E-state index contributed by atoms with van der Waals surface area (Å²) in [5.41, 5.74) is 6.83. The van der Waals surface area contributed by atoms with E-state index in [1.165, 1.54) is 6.92 Å². The highest BCUT2D eigenvalue weighted by atomic mass is 16.4. The highest BCUT2D eigenvalue weighted by Gasteiger charge is 2.16. The molecule has 5 heteroatoms. The number of hydrogen-bond acceptors (Lipinski definition) is 3. The van der Waals surface area contributed by atoms with E-state index < -0.39 is 12.0 Å². The Morgan fingerprint density at radius 1 is 1.50 bits per heavy atom. The van der Waals surface area contributed by atoms with E-state index >= 15 is 0 Å². The van der Waals surface area contributed by atoms with Crippen molar-refractivity contribution >= 4 is 17.6 Å². The van der Waals surface area contributed by atoms with E-state index in [2.05, 4.69) is 5.32 Å². The number of hydrogen-bond donors (Lipinski definition) is 3. The molecule has 1 aromatic rings. The van der Waals surface area contributed by atoms with E-state index in [0.29, 0.717) is 11.3 Å². The lowest BCUT2D eigenvalue weighted by Crippen LogP contribution is -2.28. The fourth-order valence-corrected chi connectivity index (χ4v) is 1.45. The summed E-state index contributed by atoms with van der Waals surface area (Å²) in [4.78, 5) is 21.6. The van der Waals surface area contributed by atoms with Gasteiger partial charge >= 0.3 is 5.97 Å². The number of carboxylic acid groups (broad SMARTS) is 1. The maximum absolute atomic E-state index is 11.0. The van der Waals surface area contributed by atoms with Crippen molar-refractivity contribution in [1.82, 2.24) is 5.32 Å². The van der Waals surface area contributed by atoms with Crippen LogP contribution in [-0.2, 0) is 9.59 Å². The highest BCUT2D eigenvalue weighted by Crippen LogP contribution is 2.19. The van der Waals surface area contributed by atoms with Crippen molar-refractivity contribution in [3.63, 3.8) is 0 Å². The highest BCUT2D eigenvalue weighted by molar-refractivity contribution is 5.75. The third-order valence-corrected chi connectivity index (χ3v) is 2.07. The van der Waals surface area contributed by atoms with Crippen LogP contribution >= 0.6 is 0 Å². The Bertz CT molecular complexity index is 388. The normalized spacial score (nSPS) is 11.8. The first-order valence-electron chi connectivity index (χ1n) is 4.83. The Balaban J connectivity index is 2.90. The molecule has 1 aromatic carbocycles. The Labute approximate surface area is 93.3 Å². The van der Waals surface area contributed by atoms with E-state index in [1.807, 2.05) is 0 Å². The molecule has 0 spiro atoms. The van der Waals surface area contributed by atoms with Gasteiger partial charge in [0.05, 0.1) is 12.5 Å². The predicted octanol–water partition coefficient (Wildman–Crippen LogP) is 0.921. The van der Waals surface area contributed by atoms with Gasteiger partial charge in [-0.2, -0.15) is 0 Å². The molecule has 1 atom stereocenters. The third kappa shape index (κ3) is 3.61. The number of rotatable bonds is 4. The van der Waals surface area contributed by atoms with Crippen molar-refractivity contribution in [2.45, 2.75) is 19.4 Å². The van der Waals surface area contributed by atoms with Crippen molar-refractivity contribution in [2.75, 3.05) is 5.73 Å². The molecule has 16 heavy (non-hydrogen) atoms. The zero-order chi connectivity index (χ0) is 12.1. The summed E-state index contributed by atoms with van der Waals surface area (Å²) in [6, 6.07) is 6.28. The molecular weight excluding hydrogens is 208 g/mol. The number of anilines is 1. The van der Waals surface area contributed by atoms with Gasteiger partial charge in [-0.15, -0.1) is 0 Å². The van der Waals surface area contributed by atoms with Crippen LogP contribution in [0, 0.1) is 0 Å². The van der Waals surface area contributed by atoms with Crippen molar-refractivity contribution < 1.29 is 14.7 Å². The summed E-state index contributed by atoms with van der Waals surface area (Å²) in [6.07, 6.45) is -0.164. The van der Waals surface area contributed by atoms with E-state index in [4.69, 9.17) is 10.8 Å². The number of carboxylic acids is 1. The summed E-state index contributed by atoms with van der Waals surface area (Å²) in [5.74, 6) is -1.24. The van der Waals surface area contributed by atoms with Crippen molar-refractivity contribution in [3.05, 3.63) is 29.8 Å². The summed E-state index contributed by atoms with van der Waals surface area (Å²) in [7, 11) is 0. The molecule has 1 amide bonds. The summed E-state index contributed by atoms with van der Waals surface area (Å²) in [6.45, 7) is 1.35. The smallest absolute Gasteiger partial charge is 0.305 e. The van der Waals surface area contributed by atoms with Crippen LogP contribution in [0.25, 0.3) is 0 Å². The molecule has 86 valence electrons. The average molecular weight is 222 g/mol. The van der Waals surface area contributed by atoms with Gasteiger partial charge in [0.25, 0.3) is 0 Å². The van der Waals surface area contributed by atoms with Gasteiger partial charge in [0, 0.05) is 12.6 Å². The van der Waals surface area contributed by atoms with E-state index in [-0.39, 0.29) is 12.3 Å².